The van der Waals surface area contributed by atoms with E-state index < -0.39 is 12.0 Å². The molecule has 0 atom stereocenters. The van der Waals surface area contributed by atoms with Crippen LogP contribution < -0.4 is 10.2 Å². The smallest absolute Gasteiger partial charge is 0.407 e. The van der Waals surface area contributed by atoms with E-state index in [1.165, 1.54) is 11.0 Å². The number of hydrogen-bond donors (Lipinski definition) is 4. The van der Waals surface area contributed by atoms with E-state index in [4.69, 9.17) is 0 Å². The molecule has 0 radical (unpaired) electrons. The first kappa shape index (κ1) is 20.5. The molecule has 7 nitrogen and oxygen atoms in total. The predicted octanol–water partition coefficient (Wildman–Crippen LogP) is 2.99. The highest BCUT2D eigenvalue weighted by atomic mass is 32.1. The number of carboxylic acid groups (broad SMARTS) is 1. The monoisotopic (exact) mass is 415 g/mol. The maximum atomic E-state index is 13.2. The summed E-state index contributed by atoms with van der Waals surface area (Å²) >= 11 is 0.979. The number of nitrogens with one attached hydrogen (secondary N) is 2. The highest BCUT2D eigenvalue weighted by Gasteiger charge is 2.34. The van der Waals surface area contributed by atoms with Crippen molar-refractivity contribution in [2.75, 3.05) is 19.6 Å². The third kappa shape index (κ3) is 4.99. The zero-order chi connectivity index (χ0) is 20.3. The molecule has 0 aliphatic heterocycles. The second-order valence-corrected chi connectivity index (χ2v) is 8.05. The Bertz CT molecular complexity index is 889. The van der Waals surface area contributed by atoms with E-state index in [-0.39, 0.29) is 42.6 Å². The summed E-state index contributed by atoms with van der Waals surface area (Å²) in [4.78, 5) is 26.6. The topological polar surface area (TPSA) is 106 Å². The summed E-state index contributed by atoms with van der Waals surface area (Å²) in [5.74, 6) is -2.60. The number of benzene rings is 1. The van der Waals surface area contributed by atoms with Gasteiger partial charge in [-0.2, -0.15) is 0 Å². The van der Waals surface area contributed by atoms with E-state index in [0.29, 0.717) is 36.0 Å². The second-order valence-electron chi connectivity index (χ2n) is 7.07. The average molecular weight is 415 g/mol. The Kier molecular flexibility index (Phi) is 6.19. The maximum Gasteiger partial charge on any atom is 0.407 e. The standard InChI is InChI=1S/C18H23F2N3O4S/c19-18(20)6-3-12(4-7-18)21-8-10-23(17(26)27)9-5-11-1-2-13(24)14-15(11)28-16(25)22-14/h1-2,12,21,24H,3-10H2,(H,22,25)(H,26,27). The number of rotatable bonds is 7. The normalized spacial score (nSPS) is 17.1. The Labute approximate surface area is 164 Å². The molecule has 0 saturated heterocycles. The van der Waals surface area contributed by atoms with Gasteiger partial charge in [0.2, 0.25) is 5.92 Å². The van der Waals surface area contributed by atoms with Crippen LogP contribution in [-0.2, 0) is 6.42 Å². The summed E-state index contributed by atoms with van der Waals surface area (Å²) < 4.78 is 27.0. The van der Waals surface area contributed by atoms with Gasteiger partial charge in [0, 0.05) is 38.5 Å². The Morgan fingerprint density at radius 1 is 1.32 bits per heavy atom. The first-order valence-electron chi connectivity index (χ1n) is 9.18. The van der Waals surface area contributed by atoms with Crippen molar-refractivity contribution >= 4 is 27.6 Å². The van der Waals surface area contributed by atoms with E-state index in [2.05, 4.69) is 10.3 Å². The molecular formula is C18H23F2N3O4S. The van der Waals surface area contributed by atoms with Crippen LogP contribution in [0.3, 0.4) is 0 Å². The number of phenolic OH excluding ortho intramolecular Hbond substituents is 1. The number of aromatic hydroxyl groups is 1. The van der Waals surface area contributed by atoms with Crippen molar-refractivity contribution in [1.82, 2.24) is 15.2 Å². The molecule has 1 aliphatic carbocycles. The van der Waals surface area contributed by atoms with Gasteiger partial charge >= 0.3 is 11.0 Å². The van der Waals surface area contributed by atoms with E-state index in [1.807, 2.05) is 0 Å². The van der Waals surface area contributed by atoms with Gasteiger partial charge in [-0.1, -0.05) is 17.4 Å². The molecule has 1 aromatic carbocycles. The minimum absolute atomic E-state index is 0.0101. The number of amides is 1. The number of alkyl halides is 2. The van der Waals surface area contributed by atoms with Crippen molar-refractivity contribution < 1.29 is 23.8 Å². The largest absolute Gasteiger partial charge is 0.506 e. The lowest BCUT2D eigenvalue weighted by Crippen LogP contribution is -2.42. The number of aromatic nitrogens is 1. The van der Waals surface area contributed by atoms with Crippen LogP contribution in [0.25, 0.3) is 10.2 Å². The summed E-state index contributed by atoms with van der Waals surface area (Å²) in [6, 6.07) is 3.15. The molecule has 1 saturated carbocycles. The van der Waals surface area contributed by atoms with Crippen molar-refractivity contribution in [1.29, 1.82) is 0 Å². The molecule has 1 aromatic heterocycles. The Balaban J connectivity index is 1.54. The number of halogens is 2. The number of H-pyrrole nitrogens is 1. The molecule has 3 rings (SSSR count). The third-order valence-electron chi connectivity index (χ3n) is 5.09. The quantitative estimate of drug-likeness (QED) is 0.556. The lowest BCUT2D eigenvalue weighted by Gasteiger charge is -2.29. The van der Waals surface area contributed by atoms with Gasteiger partial charge in [0.05, 0.1) is 4.70 Å². The number of hydrogen-bond acceptors (Lipinski definition) is 5. The summed E-state index contributed by atoms with van der Waals surface area (Å²) in [5.41, 5.74) is 1.15. The lowest BCUT2D eigenvalue weighted by atomic mass is 9.92. The number of phenols is 1. The fourth-order valence-electron chi connectivity index (χ4n) is 3.48. The van der Waals surface area contributed by atoms with Crippen LogP contribution in [-0.4, -0.2) is 57.8 Å². The molecule has 1 aliphatic rings. The van der Waals surface area contributed by atoms with Crippen molar-refractivity contribution in [2.45, 2.75) is 44.1 Å². The number of aromatic amines is 1. The first-order chi connectivity index (χ1) is 13.2. The van der Waals surface area contributed by atoms with Crippen molar-refractivity contribution in [3.05, 3.63) is 27.4 Å². The molecule has 0 bridgehead atoms. The molecule has 1 fully saturated rings. The highest BCUT2D eigenvalue weighted by Crippen LogP contribution is 2.33. The Morgan fingerprint density at radius 2 is 2.04 bits per heavy atom. The molecular weight excluding hydrogens is 392 g/mol. The number of carbonyl (C=O) groups is 1. The predicted molar refractivity (Wildman–Crippen MR) is 103 cm³/mol. The first-order valence-corrected chi connectivity index (χ1v) is 9.99. The summed E-state index contributed by atoms with van der Waals surface area (Å²) in [6.45, 7) is 0.865. The van der Waals surface area contributed by atoms with Crippen LogP contribution in [0, 0.1) is 0 Å². The molecule has 1 amide bonds. The van der Waals surface area contributed by atoms with E-state index in [9.17, 15) is 28.6 Å². The summed E-state index contributed by atoms with van der Waals surface area (Å²) in [7, 11) is 0. The highest BCUT2D eigenvalue weighted by molar-refractivity contribution is 7.16. The third-order valence-corrected chi connectivity index (χ3v) is 6.05. The molecule has 2 aromatic rings. The van der Waals surface area contributed by atoms with Crippen LogP contribution >= 0.6 is 11.3 Å². The van der Waals surface area contributed by atoms with E-state index >= 15 is 0 Å². The number of nitrogens with zero attached hydrogens (tertiary/aromatic N) is 1. The minimum Gasteiger partial charge on any atom is -0.506 e. The Hall–Kier alpha value is -2.20. The SMILES string of the molecule is O=C(O)N(CCNC1CCC(F)(F)CC1)CCc1ccc(O)c2[nH]c(=O)sc12. The van der Waals surface area contributed by atoms with Gasteiger partial charge in [-0.15, -0.1) is 0 Å². The van der Waals surface area contributed by atoms with Gasteiger partial charge in [-0.25, -0.2) is 13.6 Å². The Morgan fingerprint density at radius 3 is 2.71 bits per heavy atom. The van der Waals surface area contributed by atoms with Gasteiger partial charge in [-0.05, 0) is 30.9 Å². The van der Waals surface area contributed by atoms with Crippen molar-refractivity contribution in [2.24, 2.45) is 0 Å². The average Bonchev–Trinajstić information content (AvgIpc) is 3.03. The van der Waals surface area contributed by atoms with Crippen LogP contribution in [0.5, 0.6) is 5.75 Å². The van der Waals surface area contributed by atoms with Crippen LogP contribution in [0.2, 0.25) is 0 Å². The minimum atomic E-state index is -2.58. The van der Waals surface area contributed by atoms with Crippen LogP contribution in [0.4, 0.5) is 13.6 Å². The zero-order valence-electron chi connectivity index (χ0n) is 15.2. The molecule has 0 spiro atoms. The van der Waals surface area contributed by atoms with E-state index in [0.717, 1.165) is 16.9 Å². The van der Waals surface area contributed by atoms with Crippen LogP contribution in [0.1, 0.15) is 31.2 Å². The van der Waals surface area contributed by atoms with Gasteiger partial charge in [-0.3, -0.25) is 4.79 Å². The molecule has 28 heavy (non-hydrogen) atoms. The second kappa shape index (κ2) is 8.44. The fraction of sp³-hybridized carbons (Fsp3) is 0.556. The fourth-order valence-corrected chi connectivity index (χ4v) is 4.37. The molecule has 1 heterocycles. The number of thiazole rings is 1. The summed E-state index contributed by atoms with van der Waals surface area (Å²) in [6.07, 6.45) is -0.162. The molecule has 154 valence electrons. The summed E-state index contributed by atoms with van der Waals surface area (Å²) in [5, 5.41) is 22.4. The van der Waals surface area contributed by atoms with Gasteiger partial charge < -0.3 is 25.4 Å². The molecule has 10 heteroatoms. The van der Waals surface area contributed by atoms with Gasteiger partial charge in [0.1, 0.15) is 11.3 Å². The zero-order valence-corrected chi connectivity index (χ0v) is 16.0. The maximum absolute atomic E-state index is 13.2. The van der Waals surface area contributed by atoms with Crippen molar-refractivity contribution in [3.8, 4) is 5.75 Å². The molecule has 4 N–H and O–H groups in total. The van der Waals surface area contributed by atoms with Gasteiger partial charge in [0.15, 0.2) is 0 Å². The number of fused-ring (bicyclic) bond motifs is 1. The van der Waals surface area contributed by atoms with E-state index in [1.54, 1.807) is 6.07 Å². The van der Waals surface area contributed by atoms with Crippen LogP contribution in [0.15, 0.2) is 16.9 Å². The lowest BCUT2D eigenvalue weighted by molar-refractivity contribution is -0.0404. The van der Waals surface area contributed by atoms with Crippen molar-refractivity contribution in [3.63, 3.8) is 0 Å². The van der Waals surface area contributed by atoms with Gasteiger partial charge in [0.25, 0.3) is 0 Å². The molecule has 0 unspecified atom stereocenters.